The molecule has 0 aliphatic rings. The van der Waals surface area contributed by atoms with E-state index in [4.69, 9.17) is 4.74 Å². The van der Waals surface area contributed by atoms with Gasteiger partial charge in [0.1, 0.15) is 11.6 Å². The third-order valence-corrected chi connectivity index (χ3v) is 4.92. The first-order valence-corrected chi connectivity index (χ1v) is 9.74. The Morgan fingerprint density at radius 1 is 0.966 bits per heavy atom. The molecule has 29 heavy (non-hydrogen) atoms. The van der Waals surface area contributed by atoms with Gasteiger partial charge in [0.15, 0.2) is 0 Å². The fraction of sp³-hybridized carbons (Fsp3) is 0.261. The summed E-state index contributed by atoms with van der Waals surface area (Å²) in [7, 11) is 1.69. The predicted molar refractivity (Wildman–Crippen MR) is 115 cm³/mol. The number of ether oxygens (including phenoxy) is 1. The standard InChI is InChI=1S/C23H25N5O/c1-15-10-16(2)27-22(26-15)8-9-24-13-20-14-25-28-23(20)19-5-4-18-12-21(29-3)7-6-17(18)11-19/h4-7,10-12,14,24H,8-9,13H2,1-3H3,(H,25,28). The second kappa shape index (κ2) is 8.41. The van der Waals surface area contributed by atoms with E-state index in [-0.39, 0.29) is 0 Å². The molecule has 0 saturated carbocycles. The fourth-order valence-corrected chi connectivity index (χ4v) is 3.54. The van der Waals surface area contributed by atoms with E-state index in [1.807, 2.05) is 38.2 Å². The van der Waals surface area contributed by atoms with Gasteiger partial charge in [-0.2, -0.15) is 5.10 Å². The van der Waals surface area contributed by atoms with Crippen LogP contribution in [0, 0.1) is 13.8 Å². The number of aromatic amines is 1. The number of nitrogens with zero attached hydrogens (tertiary/aromatic N) is 3. The molecule has 0 bridgehead atoms. The van der Waals surface area contributed by atoms with Gasteiger partial charge in [0.25, 0.3) is 0 Å². The summed E-state index contributed by atoms with van der Waals surface area (Å²) < 4.78 is 5.31. The molecule has 4 aromatic rings. The number of hydrogen-bond donors (Lipinski definition) is 2. The zero-order valence-corrected chi connectivity index (χ0v) is 17.0. The van der Waals surface area contributed by atoms with Gasteiger partial charge in [-0.3, -0.25) is 5.10 Å². The molecular formula is C23H25N5O. The lowest BCUT2D eigenvalue weighted by Gasteiger charge is -2.08. The fourth-order valence-electron chi connectivity index (χ4n) is 3.54. The Labute approximate surface area is 170 Å². The third kappa shape index (κ3) is 4.43. The second-order valence-electron chi connectivity index (χ2n) is 7.19. The van der Waals surface area contributed by atoms with Gasteiger partial charge in [-0.1, -0.05) is 18.2 Å². The van der Waals surface area contributed by atoms with Crippen LogP contribution in [0.2, 0.25) is 0 Å². The van der Waals surface area contributed by atoms with Gasteiger partial charge in [-0.05, 0) is 48.9 Å². The smallest absolute Gasteiger partial charge is 0.130 e. The average molecular weight is 387 g/mol. The van der Waals surface area contributed by atoms with Crippen LogP contribution in [0.5, 0.6) is 5.75 Å². The Balaban J connectivity index is 1.43. The highest BCUT2D eigenvalue weighted by Crippen LogP contribution is 2.27. The maximum atomic E-state index is 5.31. The molecular weight excluding hydrogens is 362 g/mol. The molecule has 0 aliphatic carbocycles. The molecule has 0 spiro atoms. The lowest BCUT2D eigenvalue weighted by molar-refractivity contribution is 0.415. The summed E-state index contributed by atoms with van der Waals surface area (Å²) in [6, 6.07) is 14.5. The molecule has 0 radical (unpaired) electrons. The normalized spacial score (nSPS) is 11.1. The highest BCUT2D eigenvalue weighted by molar-refractivity contribution is 5.88. The molecule has 0 aliphatic heterocycles. The molecule has 6 heteroatoms. The Morgan fingerprint density at radius 2 is 1.72 bits per heavy atom. The van der Waals surface area contributed by atoms with Gasteiger partial charge < -0.3 is 10.1 Å². The van der Waals surface area contributed by atoms with E-state index in [0.717, 1.165) is 64.7 Å². The van der Waals surface area contributed by atoms with Crippen molar-refractivity contribution in [1.29, 1.82) is 0 Å². The first kappa shape index (κ1) is 19.1. The summed E-state index contributed by atoms with van der Waals surface area (Å²) in [5.74, 6) is 1.75. The molecule has 0 fully saturated rings. The molecule has 0 atom stereocenters. The minimum Gasteiger partial charge on any atom is -0.497 e. The SMILES string of the molecule is COc1ccc2cc(-c3[nH]ncc3CNCCc3nc(C)cc(C)n3)ccc2c1. The molecule has 0 amide bonds. The van der Waals surface area contributed by atoms with Gasteiger partial charge >= 0.3 is 0 Å². The van der Waals surface area contributed by atoms with Crippen LogP contribution in [0.15, 0.2) is 48.7 Å². The number of rotatable bonds is 7. The van der Waals surface area contributed by atoms with Crippen molar-refractivity contribution in [2.75, 3.05) is 13.7 Å². The maximum Gasteiger partial charge on any atom is 0.130 e. The van der Waals surface area contributed by atoms with Crippen LogP contribution in [0.3, 0.4) is 0 Å². The van der Waals surface area contributed by atoms with Crippen molar-refractivity contribution in [3.63, 3.8) is 0 Å². The molecule has 6 nitrogen and oxygen atoms in total. The lowest BCUT2D eigenvalue weighted by Crippen LogP contribution is -2.18. The summed E-state index contributed by atoms with van der Waals surface area (Å²) >= 11 is 0. The zero-order valence-electron chi connectivity index (χ0n) is 17.0. The van der Waals surface area contributed by atoms with E-state index < -0.39 is 0 Å². The van der Waals surface area contributed by atoms with Gasteiger partial charge in [-0.15, -0.1) is 0 Å². The van der Waals surface area contributed by atoms with Crippen molar-refractivity contribution in [1.82, 2.24) is 25.5 Å². The minimum absolute atomic E-state index is 0.733. The number of methoxy groups -OCH3 is 1. The second-order valence-corrected chi connectivity index (χ2v) is 7.19. The molecule has 2 heterocycles. The number of aryl methyl sites for hydroxylation is 2. The molecule has 148 valence electrons. The van der Waals surface area contributed by atoms with Crippen LogP contribution < -0.4 is 10.1 Å². The Morgan fingerprint density at radius 3 is 2.52 bits per heavy atom. The van der Waals surface area contributed by atoms with Crippen molar-refractivity contribution in [3.05, 3.63) is 71.4 Å². The van der Waals surface area contributed by atoms with E-state index in [9.17, 15) is 0 Å². The van der Waals surface area contributed by atoms with Crippen LogP contribution in [0.4, 0.5) is 0 Å². The Hall–Kier alpha value is -3.25. The van der Waals surface area contributed by atoms with E-state index in [1.165, 1.54) is 5.39 Å². The summed E-state index contributed by atoms with van der Waals surface area (Å²) in [6.45, 7) is 5.55. The predicted octanol–water partition coefficient (Wildman–Crippen LogP) is 3.98. The Kier molecular flexibility index (Phi) is 5.53. The van der Waals surface area contributed by atoms with Crippen LogP contribution in [0.1, 0.15) is 22.8 Å². The number of H-pyrrole nitrogens is 1. The number of hydrogen-bond acceptors (Lipinski definition) is 5. The molecule has 4 rings (SSSR count). The van der Waals surface area contributed by atoms with Gasteiger partial charge in [0, 0.05) is 42.0 Å². The third-order valence-electron chi connectivity index (χ3n) is 4.92. The zero-order chi connectivity index (χ0) is 20.2. The molecule has 2 aromatic heterocycles. The summed E-state index contributed by atoms with van der Waals surface area (Å²) in [4.78, 5) is 8.99. The number of aromatic nitrogens is 4. The first-order valence-electron chi connectivity index (χ1n) is 9.74. The largest absolute Gasteiger partial charge is 0.497 e. The van der Waals surface area contributed by atoms with Gasteiger partial charge in [0.2, 0.25) is 0 Å². The van der Waals surface area contributed by atoms with Crippen molar-refractivity contribution in [2.45, 2.75) is 26.8 Å². The van der Waals surface area contributed by atoms with Crippen molar-refractivity contribution in [3.8, 4) is 17.0 Å². The van der Waals surface area contributed by atoms with Gasteiger partial charge in [-0.25, -0.2) is 9.97 Å². The Bertz CT molecular complexity index is 1120. The highest BCUT2D eigenvalue weighted by Gasteiger charge is 2.09. The summed E-state index contributed by atoms with van der Waals surface area (Å²) in [5, 5.41) is 13.2. The molecule has 0 unspecified atom stereocenters. The summed E-state index contributed by atoms with van der Waals surface area (Å²) in [6.07, 6.45) is 2.68. The topological polar surface area (TPSA) is 75.7 Å². The van der Waals surface area contributed by atoms with Crippen LogP contribution in [-0.2, 0) is 13.0 Å². The average Bonchev–Trinajstić information content (AvgIpc) is 3.18. The highest BCUT2D eigenvalue weighted by atomic mass is 16.5. The van der Waals surface area contributed by atoms with Crippen molar-refractivity contribution >= 4 is 10.8 Å². The van der Waals surface area contributed by atoms with Crippen LogP contribution in [-0.4, -0.2) is 33.8 Å². The molecule has 2 N–H and O–H groups in total. The minimum atomic E-state index is 0.733. The van der Waals surface area contributed by atoms with Crippen molar-refractivity contribution < 1.29 is 4.74 Å². The maximum absolute atomic E-state index is 5.31. The molecule has 2 aromatic carbocycles. The summed E-state index contributed by atoms with van der Waals surface area (Å²) in [5.41, 5.74) is 5.32. The van der Waals surface area contributed by atoms with Gasteiger partial charge in [0.05, 0.1) is 19.0 Å². The first-order chi connectivity index (χ1) is 14.1. The number of nitrogens with one attached hydrogen (secondary N) is 2. The van der Waals surface area contributed by atoms with Crippen LogP contribution >= 0.6 is 0 Å². The van der Waals surface area contributed by atoms with E-state index in [2.05, 4.69) is 49.7 Å². The van der Waals surface area contributed by atoms with E-state index in [0.29, 0.717) is 0 Å². The van der Waals surface area contributed by atoms with E-state index >= 15 is 0 Å². The van der Waals surface area contributed by atoms with E-state index in [1.54, 1.807) is 7.11 Å². The van der Waals surface area contributed by atoms with Crippen LogP contribution in [0.25, 0.3) is 22.0 Å². The van der Waals surface area contributed by atoms with Crippen molar-refractivity contribution in [2.24, 2.45) is 0 Å². The molecule has 0 saturated heterocycles. The number of benzene rings is 2. The monoisotopic (exact) mass is 387 g/mol. The lowest BCUT2D eigenvalue weighted by atomic mass is 10.0. The quantitative estimate of drug-likeness (QED) is 0.469. The number of fused-ring (bicyclic) bond motifs is 1.